The number of fused-ring (bicyclic) bond motifs is 1. The van der Waals surface area contributed by atoms with Crippen LogP contribution in [-0.2, 0) is 6.54 Å². The lowest BCUT2D eigenvalue weighted by molar-refractivity contribution is -0.0845. The number of hydrogen-bond acceptors (Lipinski definition) is 4. The van der Waals surface area contributed by atoms with E-state index in [1.165, 1.54) is 31.5 Å². The molecule has 2 saturated heterocycles. The van der Waals surface area contributed by atoms with E-state index in [1.54, 1.807) is 0 Å². The number of aliphatic hydroxyl groups is 1. The average Bonchev–Trinajstić information content (AvgIpc) is 3.08. The van der Waals surface area contributed by atoms with Gasteiger partial charge in [-0.15, -0.1) is 0 Å². The average molecular weight is 316 g/mol. The molecule has 2 N–H and O–H groups in total. The number of piperidine rings is 1. The molecule has 0 radical (unpaired) electrons. The molecule has 1 aromatic carbocycles. The molecule has 0 aromatic heterocycles. The molecule has 0 saturated carbocycles. The Morgan fingerprint density at radius 1 is 1.26 bits per heavy atom. The van der Waals surface area contributed by atoms with E-state index in [4.69, 9.17) is 4.74 Å². The van der Waals surface area contributed by atoms with Crippen LogP contribution in [0.3, 0.4) is 0 Å². The van der Waals surface area contributed by atoms with Gasteiger partial charge < -0.3 is 15.2 Å². The fourth-order valence-electron chi connectivity index (χ4n) is 4.50. The third kappa shape index (κ3) is 2.77. The van der Waals surface area contributed by atoms with Gasteiger partial charge in [-0.25, -0.2) is 0 Å². The van der Waals surface area contributed by atoms with Crippen LogP contribution >= 0.6 is 0 Å². The summed E-state index contributed by atoms with van der Waals surface area (Å²) in [6.45, 7) is 7.47. The number of ether oxygens (including phenoxy) is 1. The number of benzene rings is 1. The first-order valence-electron chi connectivity index (χ1n) is 9.11. The molecule has 2 atom stereocenters. The van der Waals surface area contributed by atoms with Gasteiger partial charge in [0.2, 0.25) is 0 Å². The van der Waals surface area contributed by atoms with E-state index < -0.39 is 6.10 Å². The van der Waals surface area contributed by atoms with E-state index in [9.17, 15) is 5.11 Å². The van der Waals surface area contributed by atoms with Crippen LogP contribution in [0.4, 0.5) is 0 Å². The number of likely N-dealkylation sites (tertiary alicyclic amines) is 1. The van der Waals surface area contributed by atoms with Gasteiger partial charge in [0, 0.05) is 18.0 Å². The highest BCUT2D eigenvalue weighted by Crippen LogP contribution is 2.47. The Bertz CT molecular complexity index is 562. The zero-order valence-corrected chi connectivity index (χ0v) is 14.1. The molecule has 2 fully saturated rings. The van der Waals surface area contributed by atoms with E-state index in [2.05, 4.69) is 35.3 Å². The van der Waals surface area contributed by atoms with Gasteiger partial charge in [0.15, 0.2) is 0 Å². The number of rotatable bonds is 2. The van der Waals surface area contributed by atoms with Gasteiger partial charge in [0.25, 0.3) is 0 Å². The Kier molecular flexibility index (Phi) is 4.08. The Morgan fingerprint density at radius 3 is 2.74 bits per heavy atom. The molecule has 1 spiro atoms. The Hall–Kier alpha value is -1.10. The van der Waals surface area contributed by atoms with Crippen molar-refractivity contribution in [2.75, 3.05) is 26.2 Å². The summed E-state index contributed by atoms with van der Waals surface area (Å²) in [4.78, 5) is 2.50. The lowest BCUT2D eigenvalue weighted by Gasteiger charge is -2.48. The molecule has 4 heteroatoms. The highest BCUT2D eigenvalue weighted by atomic mass is 16.5. The molecule has 4 nitrogen and oxygen atoms in total. The summed E-state index contributed by atoms with van der Waals surface area (Å²) in [6, 6.07) is 6.43. The lowest BCUT2D eigenvalue weighted by Crippen LogP contribution is -2.54. The molecule has 4 rings (SSSR count). The van der Waals surface area contributed by atoms with E-state index in [-0.39, 0.29) is 11.5 Å². The largest absolute Gasteiger partial charge is 0.486 e. The maximum atomic E-state index is 10.9. The predicted molar refractivity (Wildman–Crippen MR) is 90.5 cm³/mol. The van der Waals surface area contributed by atoms with E-state index in [0.29, 0.717) is 0 Å². The van der Waals surface area contributed by atoms with E-state index in [0.717, 1.165) is 43.8 Å². The summed E-state index contributed by atoms with van der Waals surface area (Å²) < 4.78 is 6.45. The van der Waals surface area contributed by atoms with Crippen molar-refractivity contribution in [1.82, 2.24) is 10.2 Å². The topological polar surface area (TPSA) is 44.7 Å². The van der Waals surface area contributed by atoms with Gasteiger partial charge in [-0.3, -0.25) is 4.90 Å². The second-order valence-corrected chi connectivity index (χ2v) is 7.51. The standard InChI is InChI=1S/C19H28N2O2/c1-14-18(22)16-12-15(13-21-10-2-3-11-21)4-5-17(16)23-19(14)6-8-20-9-7-19/h4-5,12,14,18,20,22H,2-3,6-11,13H2,1H3/t14?,18-/m1/s1. The molecule has 0 bridgehead atoms. The summed E-state index contributed by atoms with van der Waals surface area (Å²) in [5, 5.41) is 14.3. The molecular formula is C19H28N2O2. The van der Waals surface area contributed by atoms with Crippen molar-refractivity contribution < 1.29 is 9.84 Å². The van der Waals surface area contributed by atoms with E-state index >= 15 is 0 Å². The fourth-order valence-corrected chi connectivity index (χ4v) is 4.50. The second-order valence-electron chi connectivity index (χ2n) is 7.51. The summed E-state index contributed by atoms with van der Waals surface area (Å²) in [5.74, 6) is 1.03. The van der Waals surface area contributed by atoms with Crippen LogP contribution in [-0.4, -0.2) is 41.8 Å². The van der Waals surface area contributed by atoms with Crippen LogP contribution < -0.4 is 10.1 Å². The summed E-state index contributed by atoms with van der Waals surface area (Å²) in [7, 11) is 0. The van der Waals surface area contributed by atoms with Crippen molar-refractivity contribution in [3.63, 3.8) is 0 Å². The van der Waals surface area contributed by atoms with Gasteiger partial charge in [-0.05, 0) is 69.6 Å². The summed E-state index contributed by atoms with van der Waals surface area (Å²) in [5.41, 5.74) is 2.08. The van der Waals surface area contributed by atoms with Gasteiger partial charge >= 0.3 is 0 Å². The predicted octanol–water partition coefficient (Wildman–Crippen LogP) is 2.47. The maximum absolute atomic E-state index is 10.9. The van der Waals surface area contributed by atoms with Crippen molar-refractivity contribution in [3.8, 4) is 5.75 Å². The highest BCUT2D eigenvalue weighted by Gasteiger charge is 2.47. The molecule has 3 aliphatic rings. The Morgan fingerprint density at radius 2 is 2.00 bits per heavy atom. The number of nitrogens with zero attached hydrogens (tertiary/aromatic N) is 1. The van der Waals surface area contributed by atoms with Crippen molar-refractivity contribution in [2.24, 2.45) is 5.92 Å². The molecule has 0 amide bonds. The third-order valence-electron chi connectivity index (χ3n) is 6.06. The zero-order valence-electron chi connectivity index (χ0n) is 14.1. The second kappa shape index (κ2) is 6.08. The molecule has 0 aliphatic carbocycles. The van der Waals surface area contributed by atoms with Crippen LogP contribution in [0.2, 0.25) is 0 Å². The quantitative estimate of drug-likeness (QED) is 0.880. The van der Waals surface area contributed by atoms with E-state index in [1.807, 2.05) is 0 Å². The minimum Gasteiger partial charge on any atom is -0.486 e. The molecule has 126 valence electrons. The minimum atomic E-state index is -0.421. The van der Waals surface area contributed by atoms with Gasteiger partial charge in [-0.2, -0.15) is 0 Å². The summed E-state index contributed by atoms with van der Waals surface area (Å²) >= 11 is 0. The third-order valence-corrected chi connectivity index (χ3v) is 6.06. The van der Waals surface area contributed by atoms with Crippen LogP contribution in [0.1, 0.15) is 49.8 Å². The number of hydrogen-bond donors (Lipinski definition) is 2. The van der Waals surface area contributed by atoms with Crippen molar-refractivity contribution in [3.05, 3.63) is 29.3 Å². The van der Waals surface area contributed by atoms with Crippen molar-refractivity contribution >= 4 is 0 Å². The first-order valence-corrected chi connectivity index (χ1v) is 9.11. The molecular weight excluding hydrogens is 288 g/mol. The van der Waals surface area contributed by atoms with Crippen molar-refractivity contribution in [2.45, 2.75) is 50.9 Å². The zero-order chi connectivity index (χ0) is 15.9. The van der Waals surface area contributed by atoms with Gasteiger partial charge in [0.1, 0.15) is 11.4 Å². The highest BCUT2D eigenvalue weighted by molar-refractivity contribution is 5.42. The molecule has 23 heavy (non-hydrogen) atoms. The monoisotopic (exact) mass is 316 g/mol. The first kappa shape index (κ1) is 15.4. The maximum Gasteiger partial charge on any atom is 0.125 e. The molecule has 3 heterocycles. The normalized spacial score (nSPS) is 30.2. The van der Waals surface area contributed by atoms with Crippen LogP contribution in [0.5, 0.6) is 5.75 Å². The van der Waals surface area contributed by atoms with Gasteiger partial charge in [-0.1, -0.05) is 13.0 Å². The fraction of sp³-hybridized carbons (Fsp3) is 0.684. The lowest BCUT2D eigenvalue weighted by atomic mass is 9.74. The first-order chi connectivity index (χ1) is 11.2. The number of nitrogens with one attached hydrogen (secondary N) is 1. The van der Waals surface area contributed by atoms with Crippen LogP contribution in [0, 0.1) is 5.92 Å². The molecule has 1 aromatic rings. The Balaban J connectivity index is 1.59. The molecule has 3 aliphatic heterocycles. The minimum absolute atomic E-state index is 0.138. The smallest absolute Gasteiger partial charge is 0.125 e. The summed E-state index contributed by atoms with van der Waals surface area (Å²) in [6.07, 6.45) is 4.14. The van der Waals surface area contributed by atoms with Gasteiger partial charge in [0.05, 0.1) is 6.10 Å². The SMILES string of the molecule is CC1[C@@H](O)c2cc(CN3CCCC3)ccc2OC12CCNCC2. The van der Waals surface area contributed by atoms with Crippen LogP contribution in [0.25, 0.3) is 0 Å². The van der Waals surface area contributed by atoms with Crippen molar-refractivity contribution in [1.29, 1.82) is 0 Å². The number of aliphatic hydroxyl groups excluding tert-OH is 1. The Labute approximate surface area is 138 Å². The molecule has 1 unspecified atom stereocenters. The van der Waals surface area contributed by atoms with Crippen LogP contribution in [0.15, 0.2) is 18.2 Å².